The van der Waals surface area contributed by atoms with Crippen LogP contribution in [0.5, 0.6) is 0 Å². The molecule has 0 fully saturated rings. The summed E-state index contributed by atoms with van der Waals surface area (Å²) in [6.07, 6.45) is 2.55. The van der Waals surface area contributed by atoms with Crippen LogP contribution in [0, 0.1) is 11.6 Å². The minimum atomic E-state index is -0.851. The van der Waals surface area contributed by atoms with Crippen LogP contribution in [0.15, 0.2) is 18.5 Å². The van der Waals surface area contributed by atoms with Crippen molar-refractivity contribution in [3.05, 3.63) is 30.1 Å². The summed E-state index contributed by atoms with van der Waals surface area (Å²) >= 11 is 0. The summed E-state index contributed by atoms with van der Waals surface area (Å²) in [6.45, 7) is 4.63. The van der Waals surface area contributed by atoms with Gasteiger partial charge in [-0.15, -0.1) is 0 Å². The van der Waals surface area contributed by atoms with Gasteiger partial charge in [-0.3, -0.25) is 0 Å². The maximum Gasteiger partial charge on any atom is 0.161 e. The highest BCUT2D eigenvalue weighted by Crippen LogP contribution is 2.17. The second-order valence-electron chi connectivity index (χ2n) is 3.90. The van der Waals surface area contributed by atoms with Gasteiger partial charge < -0.3 is 9.88 Å². The Morgan fingerprint density at radius 2 is 2.06 bits per heavy atom. The number of hydrogen-bond donors (Lipinski definition) is 1. The summed E-state index contributed by atoms with van der Waals surface area (Å²) in [5, 5.41) is 3.21. The quantitative estimate of drug-likeness (QED) is 0.811. The van der Waals surface area contributed by atoms with Crippen molar-refractivity contribution < 1.29 is 8.78 Å². The van der Waals surface area contributed by atoms with E-state index >= 15 is 0 Å². The molecule has 17 heavy (non-hydrogen) atoms. The lowest BCUT2D eigenvalue weighted by Crippen LogP contribution is -2.15. The van der Waals surface area contributed by atoms with Gasteiger partial charge in [0.15, 0.2) is 11.6 Å². The Balaban J connectivity index is 2.15. The molecule has 0 radical (unpaired) electrons. The van der Waals surface area contributed by atoms with Crippen molar-refractivity contribution in [3.8, 4) is 0 Å². The molecular formula is C12H15F2N3. The van der Waals surface area contributed by atoms with Crippen LogP contribution >= 0.6 is 0 Å². The van der Waals surface area contributed by atoms with Crippen molar-refractivity contribution in [1.82, 2.24) is 14.9 Å². The Morgan fingerprint density at radius 3 is 2.82 bits per heavy atom. The molecular weight excluding hydrogens is 224 g/mol. The average molecular weight is 239 g/mol. The fourth-order valence-electron chi connectivity index (χ4n) is 1.78. The Morgan fingerprint density at radius 1 is 1.29 bits per heavy atom. The van der Waals surface area contributed by atoms with Gasteiger partial charge in [0.1, 0.15) is 0 Å². The number of rotatable bonds is 5. The molecule has 1 N–H and O–H groups in total. The van der Waals surface area contributed by atoms with Gasteiger partial charge in [0.05, 0.1) is 17.4 Å². The third kappa shape index (κ3) is 2.61. The maximum atomic E-state index is 13.1. The number of nitrogens with one attached hydrogen (secondary N) is 1. The van der Waals surface area contributed by atoms with Crippen LogP contribution in [-0.2, 0) is 6.54 Å². The second kappa shape index (κ2) is 5.23. The van der Waals surface area contributed by atoms with Gasteiger partial charge in [0.25, 0.3) is 0 Å². The molecule has 2 rings (SSSR count). The molecule has 0 bridgehead atoms. The molecule has 1 aromatic heterocycles. The molecule has 1 aromatic carbocycles. The monoisotopic (exact) mass is 239 g/mol. The minimum absolute atomic E-state index is 0.493. The molecule has 0 aliphatic carbocycles. The average Bonchev–Trinajstić information content (AvgIpc) is 2.68. The predicted octanol–water partition coefficient (Wildman–Crippen LogP) is 2.31. The van der Waals surface area contributed by atoms with Crippen LogP contribution in [0.25, 0.3) is 11.0 Å². The van der Waals surface area contributed by atoms with E-state index in [0.29, 0.717) is 11.0 Å². The van der Waals surface area contributed by atoms with Gasteiger partial charge in [0, 0.05) is 18.7 Å². The zero-order valence-electron chi connectivity index (χ0n) is 9.71. The Kier molecular flexibility index (Phi) is 3.68. The van der Waals surface area contributed by atoms with E-state index in [1.165, 1.54) is 6.07 Å². The highest BCUT2D eigenvalue weighted by molar-refractivity contribution is 5.75. The molecule has 0 saturated heterocycles. The number of fused-ring (bicyclic) bond motifs is 1. The molecule has 0 unspecified atom stereocenters. The fraction of sp³-hybridized carbons (Fsp3) is 0.417. The van der Waals surface area contributed by atoms with Gasteiger partial charge in [-0.05, 0) is 19.5 Å². The lowest BCUT2D eigenvalue weighted by molar-refractivity contribution is 0.510. The smallest absolute Gasteiger partial charge is 0.161 e. The molecule has 0 amide bonds. The predicted molar refractivity (Wildman–Crippen MR) is 62.8 cm³/mol. The molecule has 1 heterocycles. The fourth-order valence-corrected chi connectivity index (χ4v) is 1.78. The van der Waals surface area contributed by atoms with Crippen LogP contribution in [0.1, 0.15) is 13.3 Å². The summed E-state index contributed by atoms with van der Waals surface area (Å²) in [5.41, 5.74) is 1.13. The number of halogens is 2. The molecule has 3 nitrogen and oxygen atoms in total. The van der Waals surface area contributed by atoms with Crippen molar-refractivity contribution >= 4 is 11.0 Å². The van der Waals surface area contributed by atoms with Gasteiger partial charge in [-0.2, -0.15) is 0 Å². The highest BCUT2D eigenvalue weighted by Gasteiger charge is 2.08. The molecule has 0 atom stereocenters. The summed E-state index contributed by atoms with van der Waals surface area (Å²) in [6, 6.07) is 2.33. The summed E-state index contributed by atoms with van der Waals surface area (Å²) < 4.78 is 27.9. The van der Waals surface area contributed by atoms with E-state index in [1.54, 1.807) is 6.33 Å². The van der Waals surface area contributed by atoms with Crippen LogP contribution in [0.2, 0.25) is 0 Å². The SMILES string of the molecule is CCNCCCn1cnc2cc(F)c(F)cc21. The Bertz CT molecular complexity index is 508. The summed E-state index contributed by atoms with van der Waals surface area (Å²) in [5.74, 6) is -1.68. The lowest BCUT2D eigenvalue weighted by Gasteiger charge is -2.04. The van der Waals surface area contributed by atoms with Crippen molar-refractivity contribution in [2.75, 3.05) is 13.1 Å². The van der Waals surface area contributed by atoms with E-state index in [1.807, 2.05) is 11.5 Å². The number of benzene rings is 1. The van der Waals surface area contributed by atoms with Gasteiger partial charge in [0.2, 0.25) is 0 Å². The summed E-state index contributed by atoms with van der Waals surface area (Å²) in [7, 11) is 0. The molecule has 5 heteroatoms. The van der Waals surface area contributed by atoms with E-state index in [0.717, 1.165) is 32.1 Å². The number of imidazole rings is 1. The van der Waals surface area contributed by atoms with E-state index in [-0.39, 0.29) is 0 Å². The van der Waals surface area contributed by atoms with E-state index in [9.17, 15) is 8.78 Å². The Labute approximate surface area is 98.5 Å². The minimum Gasteiger partial charge on any atom is -0.330 e. The molecule has 0 aliphatic heterocycles. The first-order valence-electron chi connectivity index (χ1n) is 5.73. The first-order valence-corrected chi connectivity index (χ1v) is 5.73. The highest BCUT2D eigenvalue weighted by atomic mass is 19.2. The zero-order chi connectivity index (χ0) is 12.3. The van der Waals surface area contributed by atoms with Crippen LogP contribution in [0.4, 0.5) is 8.78 Å². The van der Waals surface area contributed by atoms with Crippen LogP contribution in [0.3, 0.4) is 0 Å². The van der Waals surface area contributed by atoms with E-state index in [2.05, 4.69) is 10.3 Å². The normalized spacial score (nSPS) is 11.2. The van der Waals surface area contributed by atoms with Crippen LogP contribution in [-0.4, -0.2) is 22.6 Å². The number of aryl methyl sites for hydroxylation is 1. The lowest BCUT2D eigenvalue weighted by atomic mass is 10.3. The zero-order valence-corrected chi connectivity index (χ0v) is 9.71. The second-order valence-corrected chi connectivity index (χ2v) is 3.90. The molecule has 92 valence electrons. The first kappa shape index (κ1) is 12.0. The maximum absolute atomic E-state index is 13.1. The van der Waals surface area contributed by atoms with E-state index in [4.69, 9.17) is 0 Å². The van der Waals surface area contributed by atoms with E-state index < -0.39 is 11.6 Å². The standard InChI is InChI=1S/C12H15F2N3/c1-2-15-4-3-5-17-8-16-11-6-9(13)10(14)7-12(11)17/h6-8,15H,2-5H2,1H3. The number of aromatic nitrogens is 2. The Hall–Kier alpha value is -1.49. The van der Waals surface area contributed by atoms with Crippen molar-refractivity contribution in [3.63, 3.8) is 0 Å². The van der Waals surface area contributed by atoms with Crippen molar-refractivity contribution in [2.45, 2.75) is 19.9 Å². The first-order chi connectivity index (χ1) is 8.22. The van der Waals surface area contributed by atoms with Crippen molar-refractivity contribution in [2.24, 2.45) is 0 Å². The topological polar surface area (TPSA) is 29.9 Å². The number of nitrogens with zero attached hydrogens (tertiary/aromatic N) is 2. The third-order valence-electron chi connectivity index (χ3n) is 2.67. The molecule has 0 aliphatic rings. The van der Waals surface area contributed by atoms with Crippen molar-refractivity contribution in [1.29, 1.82) is 0 Å². The molecule has 2 aromatic rings. The molecule has 0 saturated carbocycles. The largest absolute Gasteiger partial charge is 0.330 e. The van der Waals surface area contributed by atoms with Gasteiger partial charge in [-0.1, -0.05) is 6.92 Å². The van der Waals surface area contributed by atoms with Gasteiger partial charge >= 0.3 is 0 Å². The van der Waals surface area contributed by atoms with Crippen LogP contribution < -0.4 is 5.32 Å². The third-order valence-corrected chi connectivity index (χ3v) is 2.67. The van der Waals surface area contributed by atoms with Gasteiger partial charge in [-0.25, -0.2) is 13.8 Å². The summed E-state index contributed by atoms with van der Waals surface area (Å²) in [4.78, 5) is 4.06. The number of hydrogen-bond acceptors (Lipinski definition) is 2. The molecule has 0 spiro atoms.